The van der Waals surface area contributed by atoms with Crippen LogP contribution in [0.3, 0.4) is 0 Å². The molecular formula is C22H25ClN4O. The topological polar surface area (TPSA) is 59.4 Å². The Hall–Kier alpha value is -2.55. The van der Waals surface area contributed by atoms with Crippen LogP contribution in [-0.2, 0) is 13.1 Å². The van der Waals surface area contributed by atoms with Gasteiger partial charge in [0.1, 0.15) is 0 Å². The maximum absolute atomic E-state index is 13.3. The molecule has 2 amide bonds. The molecule has 0 aromatic heterocycles. The zero-order valence-corrected chi connectivity index (χ0v) is 16.6. The molecule has 1 fully saturated rings. The van der Waals surface area contributed by atoms with E-state index < -0.39 is 0 Å². The number of hydrogen-bond acceptors (Lipinski definition) is 3. The smallest absolute Gasteiger partial charge is 0.320 e. The number of fused-ring (bicyclic) bond motifs is 1. The van der Waals surface area contributed by atoms with Gasteiger partial charge in [-0.05, 0) is 55.1 Å². The van der Waals surface area contributed by atoms with E-state index >= 15 is 0 Å². The summed E-state index contributed by atoms with van der Waals surface area (Å²) in [6, 6.07) is 17.9. The highest BCUT2D eigenvalue weighted by Crippen LogP contribution is 2.31. The highest BCUT2D eigenvalue weighted by Gasteiger charge is 2.32. The Labute approximate surface area is 172 Å². The minimum Gasteiger partial charge on any atom is -0.320 e. The van der Waals surface area contributed by atoms with E-state index in [0.29, 0.717) is 24.6 Å². The normalized spacial score (nSPS) is 16.9. The monoisotopic (exact) mass is 396 g/mol. The molecule has 2 aromatic rings. The van der Waals surface area contributed by atoms with Gasteiger partial charge < -0.3 is 10.2 Å². The zero-order valence-electron chi connectivity index (χ0n) is 15.8. The van der Waals surface area contributed by atoms with E-state index in [9.17, 15) is 10.1 Å². The number of nitriles is 1. The predicted octanol–water partition coefficient (Wildman–Crippen LogP) is 3.92. The van der Waals surface area contributed by atoms with Crippen LogP contribution in [0.4, 0.5) is 10.5 Å². The molecule has 0 aliphatic carbocycles. The number of piperidine rings is 1. The average molecular weight is 397 g/mol. The van der Waals surface area contributed by atoms with Gasteiger partial charge in [-0.25, -0.2) is 4.79 Å². The number of amides is 2. The van der Waals surface area contributed by atoms with Gasteiger partial charge in [0.15, 0.2) is 0 Å². The summed E-state index contributed by atoms with van der Waals surface area (Å²) >= 11 is 0. The fourth-order valence-electron chi connectivity index (χ4n) is 4.06. The zero-order chi connectivity index (χ0) is 18.6. The van der Waals surface area contributed by atoms with Gasteiger partial charge in [-0.3, -0.25) is 4.90 Å². The number of nitrogens with zero attached hydrogens (tertiary/aromatic N) is 3. The molecule has 4 rings (SSSR count). The Morgan fingerprint density at radius 1 is 1.07 bits per heavy atom. The SMILES string of the molecule is Cl.N#Cc1ccccc1CN1C(=O)N(CC2CCNCC2)Cc2ccccc21. The van der Waals surface area contributed by atoms with Crippen LogP contribution in [-0.4, -0.2) is 30.6 Å². The maximum Gasteiger partial charge on any atom is 0.325 e. The van der Waals surface area contributed by atoms with Crippen LogP contribution in [0.1, 0.15) is 29.5 Å². The number of anilines is 1. The minimum atomic E-state index is 0. The summed E-state index contributed by atoms with van der Waals surface area (Å²) in [7, 11) is 0. The highest BCUT2D eigenvalue weighted by molar-refractivity contribution is 5.94. The molecule has 2 aliphatic heterocycles. The fraction of sp³-hybridized carbons (Fsp3) is 0.364. The molecule has 0 unspecified atom stereocenters. The molecule has 2 heterocycles. The molecule has 5 nitrogen and oxygen atoms in total. The Morgan fingerprint density at radius 2 is 1.79 bits per heavy atom. The third-order valence-electron chi connectivity index (χ3n) is 5.55. The van der Waals surface area contributed by atoms with Crippen molar-refractivity contribution < 1.29 is 4.79 Å². The Balaban J connectivity index is 0.00000225. The third kappa shape index (κ3) is 4.14. The van der Waals surface area contributed by atoms with E-state index in [1.165, 1.54) is 5.56 Å². The Bertz CT molecular complexity index is 873. The lowest BCUT2D eigenvalue weighted by Crippen LogP contribution is -2.49. The number of urea groups is 1. The van der Waals surface area contributed by atoms with Crippen molar-refractivity contribution in [2.75, 3.05) is 24.5 Å². The summed E-state index contributed by atoms with van der Waals surface area (Å²) in [5, 5.41) is 12.8. The van der Waals surface area contributed by atoms with Crippen LogP contribution < -0.4 is 10.2 Å². The molecule has 1 saturated heterocycles. The molecular weight excluding hydrogens is 372 g/mol. The van der Waals surface area contributed by atoms with E-state index in [2.05, 4.69) is 17.5 Å². The van der Waals surface area contributed by atoms with Crippen LogP contribution in [0, 0.1) is 17.2 Å². The second-order valence-electron chi connectivity index (χ2n) is 7.34. The van der Waals surface area contributed by atoms with Crippen LogP contribution in [0.2, 0.25) is 0 Å². The van der Waals surface area contributed by atoms with Crippen molar-refractivity contribution in [1.82, 2.24) is 10.2 Å². The van der Waals surface area contributed by atoms with Crippen molar-refractivity contribution in [3.8, 4) is 6.07 Å². The summed E-state index contributed by atoms with van der Waals surface area (Å²) in [4.78, 5) is 17.1. The molecule has 0 spiro atoms. The largest absolute Gasteiger partial charge is 0.325 e. The lowest BCUT2D eigenvalue weighted by molar-refractivity contribution is 0.178. The number of rotatable bonds is 4. The van der Waals surface area contributed by atoms with Crippen molar-refractivity contribution in [3.05, 3.63) is 65.2 Å². The summed E-state index contributed by atoms with van der Waals surface area (Å²) < 4.78 is 0. The standard InChI is InChI=1S/C22H24N4O.ClH/c23-13-18-5-1-2-6-19(18)16-26-21-8-4-3-7-20(21)15-25(22(26)27)14-17-9-11-24-12-10-17;/h1-8,17,24H,9-12,14-16H2;1H. The van der Waals surface area contributed by atoms with Gasteiger partial charge >= 0.3 is 6.03 Å². The van der Waals surface area contributed by atoms with E-state index in [1.807, 2.05) is 52.3 Å². The number of nitrogens with one attached hydrogen (secondary N) is 1. The van der Waals surface area contributed by atoms with Gasteiger partial charge in [-0.2, -0.15) is 5.26 Å². The van der Waals surface area contributed by atoms with E-state index in [0.717, 1.165) is 43.7 Å². The second kappa shape index (κ2) is 9.09. The molecule has 146 valence electrons. The molecule has 0 atom stereocenters. The minimum absolute atomic E-state index is 0. The molecule has 0 radical (unpaired) electrons. The summed E-state index contributed by atoms with van der Waals surface area (Å²) in [5.74, 6) is 0.550. The first-order chi connectivity index (χ1) is 13.3. The van der Waals surface area contributed by atoms with Crippen molar-refractivity contribution >= 4 is 24.1 Å². The molecule has 28 heavy (non-hydrogen) atoms. The van der Waals surface area contributed by atoms with Gasteiger partial charge in [-0.15, -0.1) is 12.4 Å². The molecule has 0 saturated carbocycles. The lowest BCUT2D eigenvalue weighted by Gasteiger charge is -2.39. The van der Waals surface area contributed by atoms with Crippen LogP contribution in [0.5, 0.6) is 0 Å². The van der Waals surface area contributed by atoms with Crippen LogP contribution in [0.25, 0.3) is 0 Å². The average Bonchev–Trinajstić information content (AvgIpc) is 2.72. The number of benzene rings is 2. The lowest BCUT2D eigenvalue weighted by atomic mass is 9.96. The van der Waals surface area contributed by atoms with E-state index in [-0.39, 0.29) is 18.4 Å². The Kier molecular flexibility index (Phi) is 6.56. The van der Waals surface area contributed by atoms with Crippen molar-refractivity contribution in [1.29, 1.82) is 5.26 Å². The second-order valence-corrected chi connectivity index (χ2v) is 7.34. The first kappa shape index (κ1) is 20.2. The van der Waals surface area contributed by atoms with Crippen molar-refractivity contribution in [3.63, 3.8) is 0 Å². The molecule has 0 bridgehead atoms. The van der Waals surface area contributed by atoms with Gasteiger partial charge in [-0.1, -0.05) is 36.4 Å². The predicted molar refractivity (Wildman–Crippen MR) is 112 cm³/mol. The van der Waals surface area contributed by atoms with Gasteiger partial charge in [0.2, 0.25) is 0 Å². The van der Waals surface area contributed by atoms with Gasteiger partial charge in [0.25, 0.3) is 0 Å². The van der Waals surface area contributed by atoms with Crippen LogP contribution >= 0.6 is 12.4 Å². The summed E-state index contributed by atoms with van der Waals surface area (Å²) in [6.07, 6.45) is 2.23. The number of hydrogen-bond donors (Lipinski definition) is 1. The first-order valence-electron chi connectivity index (χ1n) is 9.59. The maximum atomic E-state index is 13.3. The van der Waals surface area contributed by atoms with Crippen molar-refractivity contribution in [2.45, 2.75) is 25.9 Å². The number of carbonyl (C=O) groups excluding carboxylic acids is 1. The molecule has 1 N–H and O–H groups in total. The molecule has 2 aliphatic rings. The first-order valence-corrected chi connectivity index (χ1v) is 9.59. The number of para-hydroxylation sites is 1. The molecule has 2 aromatic carbocycles. The third-order valence-corrected chi connectivity index (χ3v) is 5.55. The summed E-state index contributed by atoms with van der Waals surface area (Å²) in [5.41, 5.74) is 3.63. The number of carbonyl (C=O) groups is 1. The van der Waals surface area contributed by atoms with E-state index in [1.54, 1.807) is 0 Å². The van der Waals surface area contributed by atoms with Crippen molar-refractivity contribution in [2.24, 2.45) is 5.92 Å². The highest BCUT2D eigenvalue weighted by atomic mass is 35.5. The Morgan fingerprint density at radius 3 is 2.57 bits per heavy atom. The fourth-order valence-corrected chi connectivity index (χ4v) is 4.06. The van der Waals surface area contributed by atoms with Crippen LogP contribution in [0.15, 0.2) is 48.5 Å². The summed E-state index contributed by atoms with van der Waals surface area (Å²) in [6.45, 7) is 3.94. The quantitative estimate of drug-likeness (QED) is 0.851. The van der Waals surface area contributed by atoms with E-state index in [4.69, 9.17) is 0 Å². The van der Waals surface area contributed by atoms with Gasteiger partial charge in [0, 0.05) is 13.1 Å². The molecule has 6 heteroatoms. The number of halogens is 1. The van der Waals surface area contributed by atoms with Gasteiger partial charge in [0.05, 0.1) is 23.9 Å².